The van der Waals surface area contributed by atoms with Crippen molar-refractivity contribution in [2.45, 2.75) is 30.2 Å². The zero-order valence-electron chi connectivity index (χ0n) is 9.65. The standard InChI is InChI=1S/C11H15BrFNO2S/c1-7(2)17(15,16)11-4-3-8(5-9(11)12)10(13)6-14/h3-5,7,10H,6,14H2,1-2H3. The summed E-state index contributed by atoms with van der Waals surface area (Å²) < 4.78 is 37.6. The van der Waals surface area contributed by atoms with E-state index in [-0.39, 0.29) is 11.4 Å². The molecule has 0 radical (unpaired) electrons. The van der Waals surface area contributed by atoms with Crippen LogP contribution in [0.2, 0.25) is 0 Å². The van der Waals surface area contributed by atoms with E-state index in [1.807, 2.05) is 0 Å². The molecule has 3 nitrogen and oxygen atoms in total. The summed E-state index contributed by atoms with van der Waals surface area (Å²) in [6, 6.07) is 4.33. The summed E-state index contributed by atoms with van der Waals surface area (Å²) in [5, 5.41) is -0.514. The summed E-state index contributed by atoms with van der Waals surface area (Å²) in [6.45, 7) is 3.09. The van der Waals surface area contributed by atoms with Gasteiger partial charge in [-0.15, -0.1) is 0 Å². The highest BCUT2D eigenvalue weighted by Gasteiger charge is 2.22. The minimum Gasteiger partial charge on any atom is -0.327 e. The molecule has 0 heterocycles. The molecule has 0 aliphatic heterocycles. The third-order valence-corrected chi connectivity index (χ3v) is 5.58. The van der Waals surface area contributed by atoms with Gasteiger partial charge in [-0.25, -0.2) is 12.8 Å². The Labute approximate surface area is 109 Å². The molecule has 0 bridgehead atoms. The van der Waals surface area contributed by atoms with E-state index >= 15 is 0 Å². The SMILES string of the molecule is CC(C)S(=O)(=O)c1ccc(C(F)CN)cc1Br. The third-order valence-electron chi connectivity index (χ3n) is 2.45. The number of hydrogen-bond acceptors (Lipinski definition) is 3. The fourth-order valence-corrected chi connectivity index (χ4v) is 3.50. The van der Waals surface area contributed by atoms with Crippen LogP contribution in [-0.4, -0.2) is 20.2 Å². The first-order valence-corrected chi connectivity index (χ1v) is 7.52. The molecule has 96 valence electrons. The molecular formula is C11H15BrFNO2S. The van der Waals surface area contributed by atoms with Gasteiger partial charge in [0.1, 0.15) is 6.17 Å². The Morgan fingerprint density at radius 2 is 2.00 bits per heavy atom. The van der Waals surface area contributed by atoms with Gasteiger partial charge in [0.15, 0.2) is 9.84 Å². The molecular weight excluding hydrogens is 309 g/mol. The van der Waals surface area contributed by atoms with E-state index in [0.717, 1.165) is 0 Å². The largest absolute Gasteiger partial charge is 0.327 e. The van der Waals surface area contributed by atoms with Crippen molar-refractivity contribution in [3.63, 3.8) is 0 Å². The number of benzene rings is 1. The van der Waals surface area contributed by atoms with Crippen molar-refractivity contribution in [3.8, 4) is 0 Å². The van der Waals surface area contributed by atoms with E-state index in [1.54, 1.807) is 13.8 Å². The van der Waals surface area contributed by atoms with Crippen molar-refractivity contribution in [2.24, 2.45) is 5.73 Å². The quantitative estimate of drug-likeness (QED) is 0.926. The van der Waals surface area contributed by atoms with Gasteiger partial charge in [0.25, 0.3) is 0 Å². The first-order chi connectivity index (χ1) is 7.80. The molecule has 6 heteroatoms. The summed E-state index contributed by atoms with van der Waals surface area (Å²) in [5.41, 5.74) is 5.59. The van der Waals surface area contributed by atoms with Gasteiger partial charge in [-0.2, -0.15) is 0 Å². The molecule has 0 aliphatic rings. The second kappa shape index (κ2) is 5.46. The van der Waals surface area contributed by atoms with E-state index in [0.29, 0.717) is 10.0 Å². The maximum Gasteiger partial charge on any atom is 0.181 e. The zero-order valence-corrected chi connectivity index (χ0v) is 12.1. The van der Waals surface area contributed by atoms with Crippen LogP contribution >= 0.6 is 15.9 Å². The molecule has 1 aromatic rings. The Kier molecular flexibility index (Phi) is 4.69. The third kappa shape index (κ3) is 3.05. The minimum atomic E-state index is -3.36. The molecule has 1 atom stereocenters. The number of hydrogen-bond donors (Lipinski definition) is 1. The maximum atomic E-state index is 13.3. The summed E-state index contributed by atoms with van der Waals surface area (Å²) in [7, 11) is -3.36. The number of sulfone groups is 1. The first-order valence-electron chi connectivity index (χ1n) is 5.18. The predicted octanol–water partition coefficient (Wildman–Crippen LogP) is 2.60. The van der Waals surface area contributed by atoms with E-state index in [9.17, 15) is 12.8 Å². The molecule has 0 saturated heterocycles. The van der Waals surface area contributed by atoms with Crippen LogP contribution in [0.3, 0.4) is 0 Å². The Balaban J connectivity index is 3.24. The highest BCUT2D eigenvalue weighted by atomic mass is 79.9. The molecule has 2 N–H and O–H groups in total. The maximum absolute atomic E-state index is 13.3. The van der Waals surface area contributed by atoms with Crippen molar-refractivity contribution in [3.05, 3.63) is 28.2 Å². The topological polar surface area (TPSA) is 60.2 Å². The van der Waals surface area contributed by atoms with Crippen LogP contribution in [0.25, 0.3) is 0 Å². The van der Waals surface area contributed by atoms with E-state index < -0.39 is 21.3 Å². The summed E-state index contributed by atoms with van der Waals surface area (Å²) >= 11 is 3.16. The molecule has 17 heavy (non-hydrogen) atoms. The lowest BCUT2D eigenvalue weighted by Crippen LogP contribution is -2.15. The van der Waals surface area contributed by atoms with Gasteiger partial charge in [0, 0.05) is 11.0 Å². The van der Waals surface area contributed by atoms with Gasteiger partial charge in [-0.1, -0.05) is 6.07 Å². The van der Waals surface area contributed by atoms with Crippen molar-refractivity contribution < 1.29 is 12.8 Å². The molecule has 0 aromatic heterocycles. The Hall–Kier alpha value is -0.460. The lowest BCUT2D eigenvalue weighted by molar-refractivity contribution is 0.352. The lowest BCUT2D eigenvalue weighted by Gasteiger charge is -2.12. The van der Waals surface area contributed by atoms with Gasteiger partial charge >= 0.3 is 0 Å². The normalized spacial score (nSPS) is 14.0. The van der Waals surface area contributed by atoms with Crippen molar-refractivity contribution >= 4 is 25.8 Å². The average molecular weight is 324 g/mol. The van der Waals surface area contributed by atoms with E-state index in [2.05, 4.69) is 15.9 Å². The van der Waals surface area contributed by atoms with Gasteiger partial charge < -0.3 is 5.73 Å². The van der Waals surface area contributed by atoms with Crippen LogP contribution in [0.5, 0.6) is 0 Å². The molecule has 0 saturated carbocycles. The van der Waals surface area contributed by atoms with Crippen LogP contribution in [-0.2, 0) is 9.84 Å². The highest BCUT2D eigenvalue weighted by Crippen LogP contribution is 2.29. The fourth-order valence-electron chi connectivity index (χ4n) is 1.33. The van der Waals surface area contributed by atoms with Gasteiger partial charge in [-0.3, -0.25) is 0 Å². The second-order valence-electron chi connectivity index (χ2n) is 3.99. The summed E-state index contributed by atoms with van der Waals surface area (Å²) in [5.74, 6) is 0. The number of rotatable bonds is 4. The number of alkyl halides is 1. The summed E-state index contributed by atoms with van der Waals surface area (Å²) in [4.78, 5) is 0.181. The van der Waals surface area contributed by atoms with Crippen LogP contribution in [0, 0.1) is 0 Å². The molecule has 0 aliphatic carbocycles. The molecule has 1 rings (SSSR count). The van der Waals surface area contributed by atoms with Crippen LogP contribution in [0.1, 0.15) is 25.6 Å². The Bertz CT molecular complexity index is 502. The molecule has 1 unspecified atom stereocenters. The van der Waals surface area contributed by atoms with Crippen LogP contribution < -0.4 is 5.73 Å². The van der Waals surface area contributed by atoms with Crippen molar-refractivity contribution in [1.82, 2.24) is 0 Å². The minimum absolute atomic E-state index is 0.122. The van der Waals surface area contributed by atoms with E-state index in [4.69, 9.17) is 5.73 Å². The highest BCUT2D eigenvalue weighted by molar-refractivity contribution is 9.10. The summed E-state index contributed by atoms with van der Waals surface area (Å²) in [6.07, 6.45) is -1.28. The zero-order chi connectivity index (χ0) is 13.2. The number of halogens is 2. The van der Waals surface area contributed by atoms with Crippen LogP contribution in [0.4, 0.5) is 4.39 Å². The van der Waals surface area contributed by atoms with Gasteiger partial charge in [0.2, 0.25) is 0 Å². The molecule has 0 spiro atoms. The van der Waals surface area contributed by atoms with E-state index in [1.165, 1.54) is 18.2 Å². The molecule has 1 aromatic carbocycles. The molecule has 0 fully saturated rings. The fraction of sp³-hybridized carbons (Fsp3) is 0.455. The van der Waals surface area contributed by atoms with Crippen molar-refractivity contribution in [1.29, 1.82) is 0 Å². The van der Waals surface area contributed by atoms with Crippen LogP contribution in [0.15, 0.2) is 27.6 Å². The Morgan fingerprint density at radius 3 is 2.41 bits per heavy atom. The monoisotopic (exact) mass is 323 g/mol. The predicted molar refractivity (Wildman–Crippen MR) is 69.4 cm³/mol. The Morgan fingerprint density at radius 1 is 1.41 bits per heavy atom. The first kappa shape index (κ1) is 14.6. The van der Waals surface area contributed by atoms with Gasteiger partial charge in [0.05, 0.1) is 10.1 Å². The second-order valence-corrected chi connectivity index (χ2v) is 7.31. The smallest absolute Gasteiger partial charge is 0.181 e. The average Bonchev–Trinajstić information content (AvgIpc) is 2.27. The van der Waals surface area contributed by atoms with Gasteiger partial charge in [-0.05, 0) is 47.5 Å². The molecule has 0 amide bonds. The van der Waals surface area contributed by atoms with Crippen molar-refractivity contribution in [2.75, 3.05) is 6.54 Å². The number of nitrogens with two attached hydrogens (primary N) is 1. The lowest BCUT2D eigenvalue weighted by atomic mass is 10.1.